The molecule has 0 aliphatic heterocycles. The first-order valence-electron chi connectivity index (χ1n) is 8.27. The van der Waals surface area contributed by atoms with Crippen molar-refractivity contribution in [1.29, 1.82) is 0 Å². The van der Waals surface area contributed by atoms with Gasteiger partial charge in [0.1, 0.15) is 5.49 Å². The van der Waals surface area contributed by atoms with Crippen molar-refractivity contribution in [2.45, 2.75) is 6.54 Å². The van der Waals surface area contributed by atoms with Crippen molar-refractivity contribution in [1.82, 2.24) is 4.57 Å². The van der Waals surface area contributed by atoms with E-state index in [0.717, 1.165) is 11.8 Å². The van der Waals surface area contributed by atoms with Crippen LogP contribution in [-0.2, 0) is 16.6 Å². The second kappa shape index (κ2) is 8.01. The lowest BCUT2D eigenvalue weighted by molar-refractivity contribution is 0.0997. The lowest BCUT2D eigenvalue weighted by atomic mass is 10.2. The number of pyridine rings is 1. The van der Waals surface area contributed by atoms with Crippen LogP contribution < -0.4 is 10.2 Å². The Kier molecular flexibility index (Phi) is 5.52. The fourth-order valence-corrected chi connectivity index (χ4v) is 3.14. The Balaban J connectivity index is 1.91. The molecule has 0 radical (unpaired) electrons. The summed E-state index contributed by atoms with van der Waals surface area (Å²) in [5, 5.41) is 0. The van der Waals surface area contributed by atoms with E-state index in [2.05, 4.69) is 9.71 Å². The molecule has 0 spiro atoms. The largest absolute Gasteiger partial charge is 0.328 e. The molecule has 3 aromatic rings. The molecule has 1 heterocycles. The number of carbonyl (C=O) groups is 1. The SMILES string of the molecule is CS(=O)(=O)Nc1cccc(C(=O)N=c2ccccn2Cc2ccccc2)c1. The van der Waals surface area contributed by atoms with Gasteiger partial charge in [0.15, 0.2) is 0 Å². The summed E-state index contributed by atoms with van der Waals surface area (Å²) in [7, 11) is -3.42. The van der Waals surface area contributed by atoms with Gasteiger partial charge >= 0.3 is 0 Å². The minimum atomic E-state index is -3.42. The van der Waals surface area contributed by atoms with Gasteiger partial charge in [0.05, 0.1) is 6.26 Å². The molecule has 138 valence electrons. The van der Waals surface area contributed by atoms with Crippen LogP contribution >= 0.6 is 0 Å². The van der Waals surface area contributed by atoms with Crippen LogP contribution in [0.25, 0.3) is 0 Å². The zero-order valence-electron chi connectivity index (χ0n) is 14.7. The highest BCUT2D eigenvalue weighted by Crippen LogP contribution is 2.12. The van der Waals surface area contributed by atoms with Crippen molar-refractivity contribution in [3.8, 4) is 0 Å². The third kappa shape index (κ3) is 5.39. The Morgan fingerprint density at radius 2 is 1.74 bits per heavy atom. The Hall–Kier alpha value is -3.19. The van der Waals surface area contributed by atoms with Gasteiger partial charge in [-0.05, 0) is 35.9 Å². The van der Waals surface area contributed by atoms with E-state index in [1.54, 1.807) is 24.3 Å². The van der Waals surface area contributed by atoms with Gasteiger partial charge in [-0.1, -0.05) is 42.5 Å². The van der Waals surface area contributed by atoms with E-state index in [4.69, 9.17) is 0 Å². The molecule has 1 N–H and O–H groups in total. The highest BCUT2D eigenvalue weighted by atomic mass is 32.2. The highest BCUT2D eigenvalue weighted by molar-refractivity contribution is 7.92. The average Bonchev–Trinajstić information content (AvgIpc) is 2.63. The van der Waals surface area contributed by atoms with Gasteiger partial charge in [-0.25, -0.2) is 8.42 Å². The predicted octanol–water partition coefficient (Wildman–Crippen LogP) is 2.65. The average molecular weight is 381 g/mol. The number of hydrogen-bond donors (Lipinski definition) is 1. The molecular weight excluding hydrogens is 362 g/mol. The summed E-state index contributed by atoms with van der Waals surface area (Å²) in [5.41, 5.74) is 2.24. The summed E-state index contributed by atoms with van der Waals surface area (Å²) >= 11 is 0. The zero-order chi connectivity index (χ0) is 19.3. The molecule has 0 saturated heterocycles. The lowest BCUT2D eigenvalue weighted by Crippen LogP contribution is -2.22. The monoisotopic (exact) mass is 381 g/mol. The van der Waals surface area contributed by atoms with E-state index < -0.39 is 15.9 Å². The first-order valence-corrected chi connectivity index (χ1v) is 10.2. The summed E-state index contributed by atoms with van der Waals surface area (Å²) < 4.78 is 27.0. The Bertz CT molecular complexity index is 1120. The number of benzene rings is 2. The lowest BCUT2D eigenvalue weighted by Gasteiger charge is -2.08. The van der Waals surface area contributed by atoms with E-state index >= 15 is 0 Å². The van der Waals surface area contributed by atoms with Crippen LogP contribution in [-0.4, -0.2) is 25.1 Å². The number of amides is 1. The van der Waals surface area contributed by atoms with E-state index in [1.807, 2.05) is 53.2 Å². The third-order valence-electron chi connectivity index (χ3n) is 3.74. The molecule has 0 bridgehead atoms. The van der Waals surface area contributed by atoms with Crippen molar-refractivity contribution in [3.05, 3.63) is 95.6 Å². The maximum Gasteiger partial charge on any atom is 0.279 e. The second-order valence-corrected chi connectivity index (χ2v) is 7.79. The first-order chi connectivity index (χ1) is 12.9. The van der Waals surface area contributed by atoms with Gasteiger partial charge in [-0.15, -0.1) is 0 Å². The molecular formula is C20H19N3O3S. The quantitative estimate of drug-likeness (QED) is 0.738. The number of anilines is 1. The molecule has 3 rings (SSSR count). The van der Waals surface area contributed by atoms with Gasteiger partial charge < -0.3 is 4.57 Å². The normalized spacial score (nSPS) is 12.0. The Morgan fingerprint density at radius 3 is 2.48 bits per heavy atom. The molecule has 0 aliphatic rings. The highest BCUT2D eigenvalue weighted by Gasteiger charge is 2.08. The van der Waals surface area contributed by atoms with Gasteiger partial charge in [0.25, 0.3) is 5.91 Å². The molecule has 2 aromatic carbocycles. The molecule has 0 fully saturated rings. The smallest absolute Gasteiger partial charge is 0.279 e. The van der Waals surface area contributed by atoms with E-state index in [-0.39, 0.29) is 0 Å². The number of nitrogens with zero attached hydrogens (tertiary/aromatic N) is 2. The standard InChI is InChI=1S/C20H19N3O3S/c1-27(25,26)22-18-11-7-10-17(14-18)20(24)21-19-12-5-6-13-23(19)15-16-8-3-2-4-9-16/h2-14,22H,15H2,1H3. The van der Waals surface area contributed by atoms with Crippen LogP contribution in [0, 0.1) is 0 Å². The minimum absolute atomic E-state index is 0.304. The summed E-state index contributed by atoms with van der Waals surface area (Å²) in [6, 6.07) is 21.6. The van der Waals surface area contributed by atoms with Crippen molar-refractivity contribution in [3.63, 3.8) is 0 Å². The molecule has 1 aromatic heterocycles. The van der Waals surface area contributed by atoms with E-state index in [0.29, 0.717) is 23.3 Å². The molecule has 7 heteroatoms. The van der Waals surface area contributed by atoms with Crippen LogP contribution in [0.1, 0.15) is 15.9 Å². The zero-order valence-corrected chi connectivity index (χ0v) is 15.6. The van der Waals surface area contributed by atoms with E-state index in [9.17, 15) is 13.2 Å². The number of carbonyl (C=O) groups excluding carboxylic acids is 1. The number of hydrogen-bond acceptors (Lipinski definition) is 3. The van der Waals surface area contributed by atoms with Crippen LogP contribution in [0.15, 0.2) is 84.0 Å². The Labute approximate surface area is 157 Å². The molecule has 1 amide bonds. The fraction of sp³-hybridized carbons (Fsp3) is 0.100. The van der Waals surface area contributed by atoms with Crippen LogP contribution in [0.3, 0.4) is 0 Å². The summed E-state index contributed by atoms with van der Waals surface area (Å²) in [5.74, 6) is -0.444. The van der Waals surface area contributed by atoms with Gasteiger partial charge in [0.2, 0.25) is 10.0 Å². The van der Waals surface area contributed by atoms with E-state index in [1.165, 1.54) is 6.07 Å². The van der Waals surface area contributed by atoms with Gasteiger partial charge in [-0.2, -0.15) is 4.99 Å². The van der Waals surface area contributed by atoms with Gasteiger partial charge in [0, 0.05) is 24.0 Å². The van der Waals surface area contributed by atoms with Crippen LogP contribution in [0.2, 0.25) is 0 Å². The molecule has 27 heavy (non-hydrogen) atoms. The molecule has 6 nitrogen and oxygen atoms in total. The third-order valence-corrected chi connectivity index (χ3v) is 4.35. The van der Waals surface area contributed by atoms with Crippen molar-refractivity contribution >= 4 is 21.6 Å². The Morgan fingerprint density at radius 1 is 1.00 bits per heavy atom. The maximum absolute atomic E-state index is 12.6. The second-order valence-electron chi connectivity index (χ2n) is 6.04. The number of rotatable bonds is 5. The molecule has 0 atom stereocenters. The first kappa shape index (κ1) is 18.6. The number of aromatic nitrogens is 1. The van der Waals surface area contributed by atoms with Crippen molar-refractivity contribution < 1.29 is 13.2 Å². The number of sulfonamides is 1. The van der Waals surface area contributed by atoms with Gasteiger partial charge in [-0.3, -0.25) is 9.52 Å². The van der Waals surface area contributed by atoms with Crippen LogP contribution in [0.5, 0.6) is 0 Å². The summed E-state index contributed by atoms with van der Waals surface area (Å²) in [6.45, 7) is 0.587. The minimum Gasteiger partial charge on any atom is -0.328 e. The molecule has 0 unspecified atom stereocenters. The summed E-state index contributed by atoms with van der Waals surface area (Å²) in [4.78, 5) is 16.8. The fourth-order valence-electron chi connectivity index (χ4n) is 2.58. The molecule has 0 saturated carbocycles. The topological polar surface area (TPSA) is 80.5 Å². The van der Waals surface area contributed by atoms with Crippen LogP contribution in [0.4, 0.5) is 5.69 Å². The molecule has 0 aliphatic carbocycles. The van der Waals surface area contributed by atoms with Crippen molar-refractivity contribution in [2.75, 3.05) is 11.0 Å². The van der Waals surface area contributed by atoms with Crippen molar-refractivity contribution in [2.24, 2.45) is 4.99 Å². The predicted molar refractivity (Wildman–Crippen MR) is 105 cm³/mol. The number of nitrogens with one attached hydrogen (secondary N) is 1. The maximum atomic E-state index is 12.6. The summed E-state index contributed by atoms with van der Waals surface area (Å²) in [6.07, 6.45) is 2.92.